The average molecular weight is 416 g/mol. The number of aromatic amines is 1. The van der Waals surface area contributed by atoms with E-state index in [2.05, 4.69) is 15.1 Å². The number of para-hydroxylation sites is 1. The number of ketones is 1. The van der Waals surface area contributed by atoms with Crippen molar-refractivity contribution in [3.05, 3.63) is 71.1 Å². The first-order chi connectivity index (χ1) is 15.0. The fourth-order valence-electron chi connectivity index (χ4n) is 2.73. The molecule has 3 rings (SSSR count). The van der Waals surface area contributed by atoms with Gasteiger partial charge in [0, 0.05) is 43.6 Å². The van der Waals surface area contributed by atoms with Crippen molar-refractivity contribution in [3.8, 4) is 11.4 Å². The van der Waals surface area contributed by atoms with Crippen molar-refractivity contribution < 1.29 is 9.90 Å². The minimum Gasteiger partial charge on any atom is -0.506 e. The van der Waals surface area contributed by atoms with Gasteiger partial charge >= 0.3 is 0 Å². The summed E-state index contributed by atoms with van der Waals surface area (Å²) < 4.78 is 1.26. The molecular weight excluding hydrogens is 396 g/mol. The fraction of sp³-hybridized carbons (Fsp3) is 0.0909. The number of hydrogen-bond acceptors (Lipinski definition) is 7. The van der Waals surface area contributed by atoms with Crippen LogP contribution in [0.3, 0.4) is 0 Å². The van der Waals surface area contributed by atoms with Crippen LogP contribution in [0.25, 0.3) is 5.69 Å². The van der Waals surface area contributed by atoms with Crippen molar-refractivity contribution in [1.82, 2.24) is 9.78 Å². The van der Waals surface area contributed by atoms with Crippen LogP contribution in [0.1, 0.15) is 12.8 Å². The Morgan fingerprint density at radius 1 is 1.13 bits per heavy atom. The van der Waals surface area contributed by atoms with Gasteiger partial charge in [0.05, 0.1) is 17.1 Å². The number of aromatic nitrogens is 2. The SMILES string of the molecule is N=CCC(=Nc1ccccc1)C(=N)C(=O)CC=Nc1ccc(-n2[nH]ccc2=O)cc1O. The van der Waals surface area contributed by atoms with E-state index in [0.29, 0.717) is 11.4 Å². The second kappa shape index (κ2) is 9.88. The van der Waals surface area contributed by atoms with Gasteiger partial charge in [0.25, 0.3) is 5.56 Å². The zero-order valence-corrected chi connectivity index (χ0v) is 16.4. The van der Waals surface area contributed by atoms with Gasteiger partial charge in [0.15, 0.2) is 5.78 Å². The van der Waals surface area contributed by atoms with Crippen LogP contribution in [0.5, 0.6) is 5.75 Å². The van der Waals surface area contributed by atoms with Gasteiger partial charge in [-0.05, 0) is 24.3 Å². The van der Waals surface area contributed by atoms with Gasteiger partial charge in [-0.15, -0.1) is 0 Å². The van der Waals surface area contributed by atoms with Crippen LogP contribution in [-0.2, 0) is 4.79 Å². The minimum absolute atomic E-state index is 0.0664. The summed E-state index contributed by atoms with van der Waals surface area (Å²) in [6.07, 6.45) is 3.78. The number of aliphatic imine (C=N–C) groups is 2. The smallest absolute Gasteiger partial charge is 0.271 e. The van der Waals surface area contributed by atoms with E-state index in [0.717, 1.165) is 6.21 Å². The van der Waals surface area contributed by atoms with Gasteiger partial charge in [-0.1, -0.05) is 18.2 Å². The molecule has 0 unspecified atom stereocenters. The zero-order valence-electron chi connectivity index (χ0n) is 16.4. The number of carbonyl (C=O) groups excluding carboxylic acids is 1. The van der Waals surface area contributed by atoms with Crippen LogP contribution >= 0.6 is 0 Å². The Morgan fingerprint density at radius 2 is 1.90 bits per heavy atom. The number of rotatable bonds is 9. The lowest BCUT2D eigenvalue weighted by Gasteiger charge is -2.05. The number of carbonyl (C=O) groups is 1. The fourth-order valence-corrected chi connectivity index (χ4v) is 2.73. The second-order valence-electron chi connectivity index (χ2n) is 6.43. The molecule has 0 atom stereocenters. The largest absolute Gasteiger partial charge is 0.506 e. The van der Waals surface area contributed by atoms with Crippen LogP contribution in [0.4, 0.5) is 11.4 Å². The molecule has 0 spiro atoms. The third kappa shape index (κ3) is 5.36. The first-order valence-corrected chi connectivity index (χ1v) is 9.35. The van der Waals surface area contributed by atoms with E-state index >= 15 is 0 Å². The predicted molar refractivity (Wildman–Crippen MR) is 120 cm³/mol. The Morgan fingerprint density at radius 3 is 2.55 bits per heavy atom. The minimum atomic E-state index is -0.505. The number of phenols is 1. The topological polar surface area (TPSA) is 148 Å². The molecule has 0 aliphatic carbocycles. The van der Waals surface area contributed by atoms with Crippen molar-refractivity contribution in [2.75, 3.05) is 0 Å². The van der Waals surface area contributed by atoms with Gasteiger partial charge in [0.2, 0.25) is 0 Å². The molecule has 1 heterocycles. The first kappa shape index (κ1) is 21.3. The van der Waals surface area contributed by atoms with Crippen molar-refractivity contribution in [2.24, 2.45) is 9.98 Å². The summed E-state index contributed by atoms with van der Waals surface area (Å²) in [5, 5.41) is 28.3. The lowest BCUT2D eigenvalue weighted by molar-refractivity contribution is -0.111. The molecule has 9 nitrogen and oxygen atoms in total. The Labute approximate surface area is 177 Å². The molecule has 31 heavy (non-hydrogen) atoms. The summed E-state index contributed by atoms with van der Waals surface area (Å²) in [4.78, 5) is 32.5. The highest BCUT2D eigenvalue weighted by molar-refractivity contribution is 6.68. The molecule has 0 amide bonds. The molecule has 4 N–H and O–H groups in total. The third-order valence-corrected chi connectivity index (χ3v) is 4.26. The normalized spacial score (nSPS) is 11.5. The molecule has 0 saturated carbocycles. The van der Waals surface area contributed by atoms with E-state index in [1.165, 1.54) is 35.3 Å². The summed E-state index contributed by atoms with van der Waals surface area (Å²) in [6, 6.07) is 14.8. The van der Waals surface area contributed by atoms with Crippen molar-refractivity contribution in [1.29, 1.82) is 10.8 Å². The van der Waals surface area contributed by atoms with Crippen LogP contribution in [-0.4, -0.2) is 44.5 Å². The second-order valence-corrected chi connectivity index (χ2v) is 6.43. The molecule has 0 radical (unpaired) electrons. The van der Waals surface area contributed by atoms with Crippen LogP contribution in [0.2, 0.25) is 0 Å². The van der Waals surface area contributed by atoms with Gasteiger partial charge in [-0.2, -0.15) is 0 Å². The molecular formula is C22H20N6O3. The Bertz CT molecular complexity index is 1220. The van der Waals surface area contributed by atoms with E-state index in [1.54, 1.807) is 30.3 Å². The molecule has 0 saturated heterocycles. The van der Waals surface area contributed by atoms with E-state index in [1.807, 2.05) is 6.07 Å². The average Bonchev–Trinajstić information content (AvgIpc) is 3.20. The van der Waals surface area contributed by atoms with E-state index in [9.17, 15) is 14.7 Å². The van der Waals surface area contributed by atoms with Gasteiger partial charge in [0.1, 0.15) is 17.1 Å². The molecule has 0 aliphatic rings. The summed E-state index contributed by atoms with van der Waals surface area (Å²) >= 11 is 0. The highest BCUT2D eigenvalue weighted by atomic mass is 16.3. The molecule has 0 bridgehead atoms. The Hall–Kier alpha value is -4.40. The van der Waals surface area contributed by atoms with Crippen molar-refractivity contribution in [2.45, 2.75) is 12.8 Å². The van der Waals surface area contributed by atoms with E-state index in [-0.39, 0.29) is 41.3 Å². The summed E-state index contributed by atoms with van der Waals surface area (Å²) in [6.45, 7) is 0. The maximum atomic E-state index is 12.4. The van der Waals surface area contributed by atoms with Crippen LogP contribution < -0.4 is 5.56 Å². The number of Topliss-reactive ketones (excluding diaryl/α,β-unsaturated/α-hetero) is 1. The van der Waals surface area contributed by atoms with Gasteiger partial charge < -0.3 is 10.5 Å². The van der Waals surface area contributed by atoms with Gasteiger partial charge in [-0.25, -0.2) is 4.68 Å². The van der Waals surface area contributed by atoms with E-state index < -0.39 is 5.78 Å². The lowest BCUT2D eigenvalue weighted by Crippen LogP contribution is -2.23. The number of H-pyrrole nitrogens is 1. The monoisotopic (exact) mass is 416 g/mol. The number of phenolic OH excluding ortho intramolecular Hbond substituents is 1. The number of nitrogens with one attached hydrogen (secondary N) is 3. The predicted octanol–water partition coefficient (Wildman–Crippen LogP) is 3.36. The summed E-state index contributed by atoms with van der Waals surface area (Å²) in [5.41, 5.74) is 0.903. The molecule has 0 fully saturated rings. The molecule has 156 valence electrons. The Balaban J connectivity index is 1.70. The zero-order chi connectivity index (χ0) is 22.2. The van der Waals surface area contributed by atoms with E-state index in [4.69, 9.17) is 10.8 Å². The number of aromatic hydroxyl groups is 1. The number of nitrogens with zero attached hydrogens (tertiary/aromatic N) is 3. The van der Waals surface area contributed by atoms with Crippen molar-refractivity contribution in [3.63, 3.8) is 0 Å². The molecule has 3 aromatic rings. The molecule has 9 heteroatoms. The molecule has 1 aromatic heterocycles. The summed E-state index contributed by atoms with van der Waals surface area (Å²) in [5.74, 6) is -0.665. The van der Waals surface area contributed by atoms with Crippen molar-refractivity contribution >= 4 is 41.0 Å². The highest BCUT2D eigenvalue weighted by Crippen LogP contribution is 2.27. The summed E-state index contributed by atoms with van der Waals surface area (Å²) in [7, 11) is 0. The molecule has 2 aromatic carbocycles. The number of benzene rings is 2. The third-order valence-electron chi connectivity index (χ3n) is 4.26. The molecule has 0 aliphatic heterocycles. The van der Waals surface area contributed by atoms with Gasteiger partial charge in [-0.3, -0.25) is 30.1 Å². The van der Waals surface area contributed by atoms with Crippen LogP contribution in [0, 0.1) is 10.8 Å². The van der Waals surface area contributed by atoms with Crippen LogP contribution in [0.15, 0.2) is 75.6 Å². The first-order valence-electron chi connectivity index (χ1n) is 9.35. The standard InChI is InChI=1S/C22H20N6O3/c23-11-8-18(27-15-4-2-1-3-5-15)22(24)19(29)9-12-25-17-7-6-16(14-20(17)30)28-21(31)10-13-26-28/h1-7,10-14,23-24,26,30H,8-9H2. The lowest BCUT2D eigenvalue weighted by atomic mass is 10.1. The maximum absolute atomic E-state index is 12.4. The number of hydrogen-bond donors (Lipinski definition) is 4. The Kier molecular flexibility index (Phi) is 6.79. The quantitative estimate of drug-likeness (QED) is 0.396. The maximum Gasteiger partial charge on any atom is 0.271 e. The highest BCUT2D eigenvalue weighted by Gasteiger charge is 2.15.